The van der Waals surface area contributed by atoms with Gasteiger partial charge in [-0.05, 0) is 56.7 Å². The Morgan fingerprint density at radius 2 is 1.97 bits per heavy atom. The lowest BCUT2D eigenvalue weighted by molar-refractivity contribution is -0.134. The van der Waals surface area contributed by atoms with Crippen molar-refractivity contribution < 1.29 is 14.3 Å². The molecule has 1 unspecified atom stereocenters. The second kappa shape index (κ2) is 11.5. The van der Waals surface area contributed by atoms with E-state index in [1.54, 1.807) is 9.58 Å². The summed E-state index contributed by atoms with van der Waals surface area (Å²) in [5.41, 5.74) is 1.10. The number of hydrogen-bond donors (Lipinski definition) is 1. The Kier molecular flexibility index (Phi) is 8.37. The Bertz CT molecular complexity index is 1060. The maximum atomic E-state index is 13.8. The second-order valence-electron chi connectivity index (χ2n) is 11.0. The molecular formula is C29H42N4O3. The monoisotopic (exact) mass is 494 g/mol. The van der Waals surface area contributed by atoms with E-state index in [4.69, 9.17) is 9.84 Å². The van der Waals surface area contributed by atoms with Crippen LogP contribution in [-0.2, 0) is 11.3 Å². The summed E-state index contributed by atoms with van der Waals surface area (Å²) in [6.45, 7) is 9.85. The third-order valence-corrected chi connectivity index (χ3v) is 7.58. The number of benzene rings is 1. The van der Waals surface area contributed by atoms with Gasteiger partial charge in [-0.15, -0.1) is 0 Å². The molecule has 2 aromatic rings. The molecule has 1 fully saturated rings. The molecule has 0 saturated heterocycles. The maximum Gasteiger partial charge on any atom is 0.273 e. The summed E-state index contributed by atoms with van der Waals surface area (Å²) in [6.07, 6.45) is 8.41. The summed E-state index contributed by atoms with van der Waals surface area (Å²) < 4.78 is 7.76. The number of nitrogens with one attached hydrogen (secondary N) is 1. The van der Waals surface area contributed by atoms with Crippen LogP contribution in [-0.4, -0.2) is 51.2 Å². The van der Waals surface area contributed by atoms with E-state index in [0.717, 1.165) is 56.3 Å². The lowest BCUT2D eigenvalue weighted by atomic mass is 9.91. The van der Waals surface area contributed by atoms with E-state index in [9.17, 15) is 9.59 Å². The fourth-order valence-corrected chi connectivity index (χ4v) is 5.23. The number of fused-ring (bicyclic) bond motifs is 1. The van der Waals surface area contributed by atoms with Crippen LogP contribution in [0.4, 0.5) is 0 Å². The molecule has 1 N–H and O–H groups in total. The van der Waals surface area contributed by atoms with Crippen LogP contribution in [0.3, 0.4) is 0 Å². The fraction of sp³-hybridized carbons (Fsp3) is 0.621. The number of rotatable bonds is 10. The smallest absolute Gasteiger partial charge is 0.273 e. The van der Waals surface area contributed by atoms with Crippen molar-refractivity contribution in [1.82, 2.24) is 20.0 Å². The summed E-state index contributed by atoms with van der Waals surface area (Å²) in [4.78, 5) is 29.3. The third-order valence-electron chi connectivity index (χ3n) is 7.58. The highest BCUT2D eigenvalue weighted by atomic mass is 16.5. The standard InChI is InChI=1S/C29H42N4O3/c1-5-6-18-36-26-15-11-10-14-23(26)24-19-25-27(34)32(17-16-21(2)3)29(4,20-33(25)31-24)28(35)30-22-12-8-7-9-13-22/h10-11,14-15,19,21-22H,5-9,12-13,16-18,20H2,1-4H3,(H,30,35). The molecular weight excluding hydrogens is 452 g/mol. The molecule has 4 rings (SSSR count). The summed E-state index contributed by atoms with van der Waals surface area (Å²) in [5.74, 6) is 0.991. The van der Waals surface area contributed by atoms with Gasteiger partial charge in [-0.1, -0.05) is 58.6 Å². The molecule has 1 saturated carbocycles. The minimum Gasteiger partial charge on any atom is -0.493 e. The first-order chi connectivity index (χ1) is 17.3. The maximum absolute atomic E-state index is 13.8. The molecule has 36 heavy (non-hydrogen) atoms. The summed E-state index contributed by atoms with van der Waals surface area (Å²) >= 11 is 0. The number of hydrogen-bond acceptors (Lipinski definition) is 4. The third kappa shape index (κ3) is 5.60. The van der Waals surface area contributed by atoms with Crippen molar-refractivity contribution in [2.75, 3.05) is 13.2 Å². The van der Waals surface area contributed by atoms with E-state index in [1.807, 2.05) is 37.3 Å². The van der Waals surface area contributed by atoms with Gasteiger partial charge in [0, 0.05) is 18.2 Å². The van der Waals surface area contributed by atoms with Crippen molar-refractivity contribution in [3.05, 3.63) is 36.0 Å². The van der Waals surface area contributed by atoms with Gasteiger partial charge in [-0.3, -0.25) is 14.3 Å². The average molecular weight is 495 g/mol. The molecule has 1 aliphatic carbocycles. The lowest BCUT2D eigenvalue weighted by Crippen LogP contribution is -2.65. The molecule has 0 bridgehead atoms. The van der Waals surface area contributed by atoms with E-state index in [1.165, 1.54) is 6.42 Å². The molecule has 2 aliphatic rings. The van der Waals surface area contributed by atoms with E-state index < -0.39 is 5.54 Å². The van der Waals surface area contributed by atoms with E-state index in [-0.39, 0.29) is 17.9 Å². The Morgan fingerprint density at radius 3 is 2.69 bits per heavy atom. The van der Waals surface area contributed by atoms with Gasteiger partial charge in [-0.25, -0.2) is 0 Å². The minimum absolute atomic E-state index is 0.0718. The van der Waals surface area contributed by atoms with Crippen LogP contribution in [0.15, 0.2) is 30.3 Å². The van der Waals surface area contributed by atoms with Gasteiger partial charge in [0.05, 0.1) is 18.8 Å². The largest absolute Gasteiger partial charge is 0.493 e. The highest BCUT2D eigenvalue weighted by Crippen LogP contribution is 2.34. The topological polar surface area (TPSA) is 76.5 Å². The molecule has 0 radical (unpaired) electrons. The number of ether oxygens (including phenoxy) is 1. The summed E-state index contributed by atoms with van der Waals surface area (Å²) in [6, 6.07) is 9.87. The van der Waals surface area contributed by atoms with Gasteiger partial charge in [0.2, 0.25) is 5.91 Å². The number of amides is 2. The lowest BCUT2D eigenvalue weighted by Gasteiger charge is -2.44. The van der Waals surface area contributed by atoms with Crippen LogP contribution in [0.2, 0.25) is 0 Å². The van der Waals surface area contributed by atoms with Crippen LogP contribution in [0.25, 0.3) is 11.3 Å². The van der Waals surface area contributed by atoms with Crippen molar-refractivity contribution in [3.63, 3.8) is 0 Å². The predicted molar refractivity (Wildman–Crippen MR) is 142 cm³/mol. The second-order valence-corrected chi connectivity index (χ2v) is 11.0. The van der Waals surface area contributed by atoms with Crippen LogP contribution in [0.5, 0.6) is 5.75 Å². The van der Waals surface area contributed by atoms with Gasteiger partial charge < -0.3 is 15.0 Å². The molecule has 1 aliphatic heterocycles. The van der Waals surface area contributed by atoms with Crippen molar-refractivity contribution in [2.45, 2.75) is 97.2 Å². The quantitative estimate of drug-likeness (QED) is 0.446. The number of nitrogens with zero attached hydrogens (tertiary/aromatic N) is 3. The molecule has 7 heteroatoms. The highest BCUT2D eigenvalue weighted by Gasteiger charge is 2.48. The van der Waals surface area contributed by atoms with E-state index in [0.29, 0.717) is 37.0 Å². The normalized spacial score (nSPS) is 20.5. The molecule has 1 atom stereocenters. The Balaban J connectivity index is 1.65. The predicted octanol–water partition coefficient (Wildman–Crippen LogP) is 5.44. The van der Waals surface area contributed by atoms with Gasteiger partial charge in [-0.2, -0.15) is 5.10 Å². The number of carbonyl (C=O) groups is 2. The van der Waals surface area contributed by atoms with Crippen molar-refractivity contribution >= 4 is 11.8 Å². The van der Waals surface area contributed by atoms with E-state index in [2.05, 4.69) is 26.1 Å². The van der Waals surface area contributed by atoms with Crippen LogP contribution in [0.1, 0.15) is 89.5 Å². The fourth-order valence-electron chi connectivity index (χ4n) is 5.23. The van der Waals surface area contributed by atoms with Crippen LogP contribution in [0, 0.1) is 5.92 Å². The zero-order valence-corrected chi connectivity index (χ0v) is 22.4. The number of carbonyl (C=O) groups excluding carboxylic acids is 2. The van der Waals surface area contributed by atoms with Crippen molar-refractivity contribution in [2.24, 2.45) is 5.92 Å². The Morgan fingerprint density at radius 1 is 1.22 bits per heavy atom. The average Bonchev–Trinajstić information content (AvgIpc) is 3.28. The Hall–Kier alpha value is -2.83. The molecule has 2 amide bonds. The van der Waals surface area contributed by atoms with E-state index >= 15 is 0 Å². The first-order valence-electron chi connectivity index (χ1n) is 13.8. The number of unbranched alkanes of at least 4 members (excludes halogenated alkanes) is 1. The van der Waals surface area contributed by atoms with Crippen molar-refractivity contribution in [1.29, 1.82) is 0 Å². The molecule has 1 aromatic heterocycles. The van der Waals surface area contributed by atoms with Crippen LogP contribution < -0.4 is 10.1 Å². The molecule has 0 spiro atoms. The van der Waals surface area contributed by atoms with Gasteiger partial charge in [0.25, 0.3) is 5.91 Å². The van der Waals surface area contributed by atoms with Crippen molar-refractivity contribution in [3.8, 4) is 17.0 Å². The zero-order valence-electron chi connectivity index (χ0n) is 22.4. The summed E-state index contributed by atoms with van der Waals surface area (Å²) in [5, 5.41) is 8.10. The molecule has 1 aromatic carbocycles. The van der Waals surface area contributed by atoms with Gasteiger partial charge >= 0.3 is 0 Å². The molecule has 196 valence electrons. The molecule has 7 nitrogen and oxygen atoms in total. The van der Waals surface area contributed by atoms with Gasteiger partial charge in [0.1, 0.15) is 17.0 Å². The Labute approximate surface area is 215 Å². The van der Waals surface area contributed by atoms with Gasteiger partial charge in [0.15, 0.2) is 0 Å². The molecule has 2 heterocycles. The van der Waals surface area contributed by atoms with Crippen LogP contribution >= 0.6 is 0 Å². The first-order valence-corrected chi connectivity index (χ1v) is 13.8. The zero-order chi connectivity index (χ0) is 25.7. The highest BCUT2D eigenvalue weighted by molar-refractivity contribution is 6.00. The summed E-state index contributed by atoms with van der Waals surface area (Å²) in [7, 11) is 0. The first kappa shape index (κ1) is 26.2. The number of para-hydroxylation sites is 1. The SMILES string of the molecule is CCCCOc1ccccc1-c1cc2n(n1)CC(C)(C(=O)NC1CCCCC1)N(CCC(C)C)C2=O. The minimum atomic E-state index is -0.989. The number of aromatic nitrogens is 2.